The minimum Gasteiger partial charge on any atom is -0.367 e. The first kappa shape index (κ1) is 29.3. The van der Waals surface area contributed by atoms with Crippen LogP contribution in [0.2, 0.25) is 0 Å². The molecule has 0 bridgehead atoms. The fourth-order valence-electron chi connectivity index (χ4n) is 5.08. The largest absolute Gasteiger partial charge is 0.416 e. The van der Waals surface area contributed by atoms with E-state index < -0.39 is 27.9 Å². The maximum Gasteiger partial charge on any atom is 0.416 e. The Morgan fingerprint density at radius 1 is 0.821 bits per heavy atom. The van der Waals surface area contributed by atoms with Crippen LogP contribution < -0.4 is 0 Å². The Kier molecular flexibility index (Phi) is 8.85. The third-order valence-corrected chi connectivity index (χ3v) is 9.71. The van der Waals surface area contributed by atoms with Gasteiger partial charge < -0.3 is 4.74 Å². The van der Waals surface area contributed by atoms with Crippen LogP contribution in [0.3, 0.4) is 0 Å². The van der Waals surface area contributed by atoms with Gasteiger partial charge in [0.25, 0.3) is 0 Å². The molecule has 0 amide bonds. The lowest BCUT2D eigenvalue weighted by atomic mass is 9.99. The van der Waals surface area contributed by atoms with Gasteiger partial charge in [0.1, 0.15) is 6.10 Å². The first-order valence-corrected chi connectivity index (χ1v) is 14.5. The number of piperazine rings is 1. The second-order valence-electron chi connectivity index (χ2n) is 10.1. The fourth-order valence-corrected chi connectivity index (χ4v) is 7.08. The molecule has 0 N–H and O–H groups in total. The summed E-state index contributed by atoms with van der Waals surface area (Å²) >= 11 is 0. The molecule has 0 spiro atoms. The van der Waals surface area contributed by atoms with Gasteiger partial charge in [-0.1, -0.05) is 48.5 Å². The number of halogens is 3. The van der Waals surface area contributed by atoms with Crippen molar-refractivity contribution in [1.82, 2.24) is 9.21 Å². The van der Waals surface area contributed by atoms with Gasteiger partial charge in [0.2, 0.25) is 10.0 Å². The SMILES string of the molecule is Cc1cc(C)c(C)c(S(=O)(=O)N2CCN(CCO[C@@H](c3ccccc3)c3cccc(C(F)(F)F)c3)CC2)c1C. The number of sulfonamides is 1. The summed E-state index contributed by atoms with van der Waals surface area (Å²) in [6.45, 7) is 10.2. The van der Waals surface area contributed by atoms with Crippen molar-refractivity contribution >= 4 is 10.0 Å². The van der Waals surface area contributed by atoms with E-state index in [1.54, 1.807) is 10.4 Å². The molecule has 3 aromatic rings. The smallest absolute Gasteiger partial charge is 0.367 e. The Balaban J connectivity index is 1.41. The van der Waals surface area contributed by atoms with Crippen molar-refractivity contribution in [2.24, 2.45) is 0 Å². The van der Waals surface area contributed by atoms with E-state index in [4.69, 9.17) is 4.74 Å². The van der Waals surface area contributed by atoms with Crippen LogP contribution in [0.5, 0.6) is 0 Å². The molecular formula is C30H35F3N2O3S. The van der Waals surface area contributed by atoms with Crippen molar-refractivity contribution in [3.05, 3.63) is 99.6 Å². The zero-order chi connectivity index (χ0) is 28.4. The minimum absolute atomic E-state index is 0.290. The van der Waals surface area contributed by atoms with Gasteiger partial charge in [-0.3, -0.25) is 4.90 Å². The normalized spacial score (nSPS) is 16.4. The highest BCUT2D eigenvalue weighted by molar-refractivity contribution is 7.89. The molecule has 0 saturated carbocycles. The molecule has 0 aromatic heterocycles. The van der Waals surface area contributed by atoms with Crippen molar-refractivity contribution in [2.75, 3.05) is 39.3 Å². The molecule has 0 radical (unpaired) electrons. The first-order valence-electron chi connectivity index (χ1n) is 13.0. The van der Waals surface area contributed by atoms with Crippen molar-refractivity contribution in [2.45, 2.75) is 44.9 Å². The van der Waals surface area contributed by atoms with Crippen molar-refractivity contribution < 1.29 is 26.3 Å². The molecule has 4 rings (SSSR count). The van der Waals surface area contributed by atoms with E-state index in [0.29, 0.717) is 43.2 Å². The number of nitrogens with zero attached hydrogens (tertiary/aromatic N) is 2. The lowest BCUT2D eigenvalue weighted by Gasteiger charge is -2.35. The van der Waals surface area contributed by atoms with Crippen molar-refractivity contribution in [3.8, 4) is 0 Å². The van der Waals surface area contributed by atoms with E-state index in [2.05, 4.69) is 4.90 Å². The first-order chi connectivity index (χ1) is 18.4. The Morgan fingerprint density at radius 2 is 1.41 bits per heavy atom. The summed E-state index contributed by atoms with van der Waals surface area (Å²) in [6.07, 6.45) is -5.09. The number of hydrogen-bond acceptors (Lipinski definition) is 4. The monoisotopic (exact) mass is 560 g/mol. The molecule has 1 fully saturated rings. The molecule has 0 aliphatic carbocycles. The maximum absolute atomic E-state index is 13.6. The third-order valence-electron chi connectivity index (χ3n) is 7.54. The van der Waals surface area contributed by atoms with E-state index in [-0.39, 0.29) is 6.61 Å². The Labute approximate surface area is 229 Å². The summed E-state index contributed by atoms with van der Waals surface area (Å²) in [5.41, 5.74) is 3.99. The minimum atomic E-state index is -4.44. The standard InChI is InChI=1S/C30H35F3N2O3S/c1-21-19-22(2)24(4)29(23(21)3)39(36,37)35-15-13-34(14-16-35)17-18-38-28(25-9-6-5-7-10-25)26-11-8-12-27(20-26)30(31,32)33/h5-12,19-20,28H,13-18H2,1-4H3/t28-/m0/s1. The highest BCUT2D eigenvalue weighted by Crippen LogP contribution is 2.34. The number of ether oxygens (including phenoxy) is 1. The van der Waals surface area contributed by atoms with Gasteiger partial charge in [-0.05, 0) is 73.2 Å². The summed E-state index contributed by atoms with van der Waals surface area (Å²) in [5.74, 6) is 0. The Hall–Kier alpha value is -2.72. The molecule has 9 heteroatoms. The zero-order valence-electron chi connectivity index (χ0n) is 22.8. The van der Waals surface area contributed by atoms with Crippen LogP contribution in [-0.2, 0) is 20.9 Å². The molecule has 5 nitrogen and oxygen atoms in total. The zero-order valence-corrected chi connectivity index (χ0v) is 23.6. The van der Waals surface area contributed by atoms with Crippen LogP contribution in [0.1, 0.15) is 45.0 Å². The second kappa shape index (κ2) is 11.8. The third kappa shape index (κ3) is 6.54. The average molecular weight is 561 g/mol. The predicted octanol–water partition coefficient (Wildman–Crippen LogP) is 6.05. The molecule has 1 saturated heterocycles. The number of rotatable bonds is 8. The fraction of sp³-hybridized carbons (Fsp3) is 0.400. The van der Waals surface area contributed by atoms with Crippen LogP contribution in [-0.4, -0.2) is 57.0 Å². The van der Waals surface area contributed by atoms with Crippen LogP contribution in [0.25, 0.3) is 0 Å². The predicted molar refractivity (Wildman–Crippen MR) is 146 cm³/mol. The molecule has 1 atom stereocenters. The van der Waals surface area contributed by atoms with Gasteiger partial charge in [-0.25, -0.2) is 8.42 Å². The number of benzene rings is 3. The Morgan fingerprint density at radius 3 is 2.00 bits per heavy atom. The van der Waals surface area contributed by atoms with Crippen molar-refractivity contribution in [1.29, 1.82) is 0 Å². The highest BCUT2D eigenvalue weighted by atomic mass is 32.2. The summed E-state index contributed by atoms with van der Waals surface area (Å²) < 4.78 is 74.9. The molecule has 39 heavy (non-hydrogen) atoms. The van der Waals surface area contributed by atoms with Gasteiger partial charge in [-0.15, -0.1) is 0 Å². The molecular weight excluding hydrogens is 525 g/mol. The molecule has 3 aromatic carbocycles. The summed E-state index contributed by atoms with van der Waals surface area (Å²) in [6, 6.07) is 16.4. The number of hydrogen-bond donors (Lipinski definition) is 0. The van der Waals surface area contributed by atoms with E-state index in [1.165, 1.54) is 6.07 Å². The van der Waals surface area contributed by atoms with Gasteiger partial charge >= 0.3 is 6.18 Å². The lowest BCUT2D eigenvalue weighted by molar-refractivity contribution is -0.137. The molecule has 210 valence electrons. The van der Waals surface area contributed by atoms with Crippen molar-refractivity contribution in [3.63, 3.8) is 0 Å². The quantitative estimate of drug-likeness (QED) is 0.337. The van der Waals surface area contributed by atoms with E-state index in [0.717, 1.165) is 39.9 Å². The van der Waals surface area contributed by atoms with Crippen LogP contribution in [0.15, 0.2) is 65.6 Å². The van der Waals surface area contributed by atoms with Gasteiger partial charge in [0, 0.05) is 32.7 Å². The number of aryl methyl sites for hydroxylation is 2. The topological polar surface area (TPSA) is 49.9 Å². The van der Waals surface area contributed by atoms with Crippen LogP contribution in [0, 0.1) is 27.7 Å². The van der Waals surface area contributed by atoms with Gasteiger partial charge in [-0.2, -0.15) is 17.5 Å². The van der Waals surface area contributed by atoms with Crippen LogP contribution in [0.4, 0.5) is 13.2 Å². The number of alkyl halides is 3. The van der Waals surface area contributed by atoms with E-state index in [9.17, 15) is 21.6 Å². The molecule has 1 aliphatic rings. The molecule has 1 aliphatic heterocycles. The molecule has 0 unspecified atom stereocenters. The lowest BCUT2D eigenvalue weighted by Crippen LogP contribution is -2.49. The van der Waals surface area contributed by atoms with Gasteiger partial charge in [0.15, 0.2) is 0 Å². The average Bonchev–Trinajstić information content (AvgIpc) is 2.90. The van der Waals surface area contributed by atoms with E-state index >= 15 is 0 Å². The summed E-state index contributed by atoms with van der Waals surface area (Å²) in [5, 5.41) is 0. The van der Waals surface area contributed by atoms with E-state index in [1.807, 2.05) is 64.1 Å². The molecule has 1 heterocycles. The Bertz CT molecular complexity index is 1370. The summed E-state index contributed by atoms with van der Waals surface area (Å²) in [7, 11) is -3.63. The highest BCUT2D eigenvalue weighted by Gasteiger charge is 2.33. The van der Waals surface area contributed by atoms with Crippen LogP contribution >= 0.6 is 0 Å². The summed E-state index contributed by atoms with van der Waals surface area (Å²) in [4.78, 5) is 2.53. The maximum atomic E-state index is 13.6. The van der Waals surface area contributed by atoms with Gasteiger partial charge in [0.05, 0.1) is 17.1 Å². The second-order valence-corrected chi connectivity index (χ2v) is 12.0.